The number of esters is 1. The van der Waals surface area contributed by atoms with E-state index < -0.39 is 5.60 Å². The highest BCUT2D eigenvalue weighted by Gasteiger charge is 2.30. The minimum atomic E-state index is -0.421. The van der Waals surface area contributed by atoms with Gasteiger partial charge in [-0.05, 0) is 66.2 Å². The summed E-state index contributed by atoms with van der Waals surface area (Å²) in [6.07, 6.45) is 5.10. The van der Waals surface area contributed by atoms with Crippen LogP contribution in [0.2, 0.25) is 0 Å². The van der Waals surface area contributed by atoms with Crippen molar-refractivity contribution in [2.24, 2.45) is 16.8 Å². The van der Waals surface area contributed by atoms with Gasteiger partial charge in [-0.3, -0.25) is 9.79 Å². The molecule has 0 heterocycles. The topological polar surface area (TPSA) is 62.5 Å². The molecular formula is C16H26N2O2. The maximum Gasteiger partial charge on any atom is 0.309 e. The average Bonchev–Trinajstić information content (AvgIpc) is 2.36. The van der Waals surface area contributed by atoms with Crippen molar-refractivity contribution in [3.8, 4) is 0 Å². The Labute approximate surface area is 121 Å². The molecule has 20 heavy (non-hydrogen) atoms. The fraction of sp³-hybridized carbons (Fsp3) is 0.688. The molecule has 0 amide bonds. The molecule has 0 atom stereocenters. The highest BCUT2D eigenvalue weighted by atomic mass is 16.6. The summed E-state index contributed by atoms with van der Waals surface area (Å²) in [6.45, 7) is 11.0. The van der Waals surface area contributed by atoms with Crippen LogP contribution >= 0.6 is 0 Å². The molecule has 0 unspecified atom stereocenters. The van der Waals surface area contributed by atoms with Crippen LogP contribution in [-0.2, 0) is 9.53 Å². The molecule has 1 N–H and O–H groups in total. The van der Waals surface area contributed by atoms with Crippen LogP contribution in [0.5, 0.6) is 0 Å². The number of aliphatic imine (C=N–C) groups is 1. The number of rotatable bonds is 4. The second-order valence-electron chi connectivity index (χ2n) is 6.48. The van der Waals surface area contributed by atoms with E-state index in [0.29, 0.717) is 5.71 Å². The number of allylic oxidation sites excluding steroid dienone is 2. The summed E-state index contributed by atoms with van der Waals surface area (Å²) in [5, 5.41) is 8.05. The SMILES string of the molecule is C=NC(C)=CC(=N)C1CCC(C(=O)OC(C)(C)C)CC1. The third-order valence-corrected chi connectivity index (χ3v) is 3.52. The van der Waals surface area contributed by atoms with Crippen LogP contribution in [0.1, 0.15) is 53.4 Å². The quantitative estimate of drug-likeness (QED) is 0.628. The second kappa shape index (κ2) is 6.82. The highest BCUT2D eigenvalue weighted by molar-refractivity contribution is 5.95. The number of ether oxygens (including phenoxy) is 1. The summed E-state index contributed by atoms with van der Waals surface area (Å²) in [4.78, 5) is 15.8. The lowest BCUT2D eigenvalue weighted by molar-refractivity contribution is -0.161. The van der Waals surface area contributed by atoms with E-state index >= 15 is 0 Å². The standard InChI is InChI=1S/C16H26N2O2/c1-11(18-5)10-14(17)12-6-8-13(9-7-12)15(19)20-16(2,3)4/h10,12-13,17H,5-9H2,1-4H3. The lowest BCUT2D eigenvalue weighted by atomic mass is 9.79. The molecule has 4 heteroatoms. The summed E-state index contributed by atoms with van der Waals surface area (Å²) in [7, 11) is 0. The minimum Gasteiger partial charge on any atom is -0.460 e. The van der Waals surface area contributed by atoms with Gasteiger partial charge in [0.05, 0.1) is 5.92 Å². The van der Waals surface area contributed by atoms with E-state index in [1.165, 1.54) is 0 Å². The van der Waals surface area contributed by atoms with Gasteiger partial charge in [-0.15, -0.1) is 0 Å². The fourth-order valence-electron chi connectivity index (χ4n) is 2.41. The Balaban J connectivity index is 2.50. The van der Waals surface area contributed by atoms with Crippen molar-refractivity contribution in [2.45, 2.75) is 59.0 Å². The van der Waals surface area contributed by atoms with E-state index in [1.807, 2.05) is 27.7 Å². The van der Waals surface area contributed by atoms with Crippen LogP contribution in [-0.4, -0.2) is 24.0 Å². The molecule has 0 bridgehead atoms. The van der Waals surface area contributed by atoms with Crippen molar-refractivity contribution in [1.82, 2.24) is 0 Å². The lowest BCUT2D eigenvalue weighted by Crippen LogP contribution is -2.32. The monoisotopic (exact) mass is 278 g/mol. The first kappa shape index (κ1) is 16.6. The van der Waals surface area contributed by atoms with Gasteiger partial charge >= 0.3 is 5.97 Å². The molecule has 0 aromatic heterocycles. The number of nitrogens with one attached hydrogen (secondary N) is 1. The first-order valence-corrected chi connectivity index (χ1v) is 7.19. The molecule has 0 spiro atoms. The fourth-order valence-corrected chi connectivity index (χ4v) is 2.41. The Morgan fingerprint density at radius 2 is 1.75 bits per heavy atom. The van der Waals surface area contributed by atoms with E-state index in [2.05, 4.69) is 11.7 Å². The van der Waals surface area contributed by atoms with Crippen LogP contribution in [0.3, 0.4) is 0 Å². The molecule has 0 aromatic rings. The van der Waals surface area contributed by atoms with Crippen molar-refractivity contribution in [2.75, 3.05) is 0 Å². The zero-order valence-corrected chi connectivity index (χ0v) is 13.0. The van der Waals surface area contributed by atoms with Crippen molar-refractivity contribution >= 4 is 18.4 Å². The molecule has 112 valence electrons. The van der Waals surface area contributed by atoms with Crippen LogP contribution in [0.25, 0.3) is 0 Å². The Kier molecular flexibility index (Phi) is 5.66. The van der Waals surface area contributed by atoms with Gasteiger partial charge in [-0.1, -0.05) is 0 Å². The first-order chi connectivity index (χ1) is 9.23. The van der Waals surface area contributed by atoms with Gasteiger partial charge in [-0.25, -0.2) is 0 Å². The summed E-state index contributed by atoms with van der Waals surface area (Å²) in [6, 6.07) is 0. The Hall–Kier alpha value is -1.45. The van der Waals surface area contributed by atoms with Crippen molar-refractivity contribution in [1.29, 1.82) is 5.41 Å². The van der Waals surface area contributed by atoms with Crippen molar-refractivity contribution in [3.05, 3.63) is 11.8 Å². The van der Waals surface area contributed by atoms with Gasteiger partial charge in [0.1, 0.15) is 5.60 Å². The molecule has 1 rings (SSSR count). The second-order valence-corrected chi connectivity index (χ2v) is 6.48. The molecule has 1 fully saturated rings. The zero-order chi connectivity index (χ0) is 15.3. The molecule has 1 aliphatic carbocycles. The van der Waals surface area contributed by atoms with E-state index in [1.54, 1.807) is 6.08 Å². The third kappa shape index (κ3) is 5.27. The van der Waals surface area contributed by atoms with Crippen LogP contribution < -0.4 is 0 Å². The van der Waals surface area contributed by atoms with Crippen molar-refractivity contribution < 1.29 is 9.53 Å². The van der Waals surface area contributed by atoms with E-state index in [-0.39, 0.29) is 17.8 Å². The number of nitrogens with zero attached hydrogens (tertiary/aromatic N) is 1. The molecule has 4 nitrogen and oxygen atoms in total. The number of hydrogen-bond acceptors (Lipinski definition) is 4. The lowest BCUT2D eigenvalue weighted by Gasteiger charge is -2.29. The number of carbonyl (C=O) groups excluding carboxylic acids is 1. The first-order valence-electron chi connectivity index (χ1n) is 7.19. The van der Waals surface area contributed by atoms with Gasteiger partial charge in [0.15, 0.2) is 0 Å². The molecule has 1 aliphatic rings. The van der Waals surface area contributed by atoms with Gasteiger partial charge in [0.25, 0.3) is 0 Å². The normalized spacial score (nSPS) is 24.1. The largest absolute Gasteiger partial charge is 0.460 e. The summed E-state index contributed by atoms with van der Waals surface area (Å²) >= 11 is 0. The molecule has 0 aliphatic heterocycles. The summed E-state index contributed by atoms with van der Waals surface area (Å²) in [5.41, 5.74) is 0.942. The van der Waals surface area contributed by atoms with Crippen LogP contribution in [0, 0.1) is 17.2 Å². The van der Waals surface area contributed by atoms with Crippen LogP contribution in [0.15, 0.2) is 16.8 Å². The molecule has 0 radical (unpaired) electrons. The van der Waals surface area contributed by atoms with E-state index in [0.717, 1.165) is 31.4 Å². The summed E-state index contributed by atoms with van der Waals surface area (Å²) in [5.74, 6) is 0.119. The molecule has 1 saturated carbocycles. The maximum absolute atomic E-state index is 12.0. The number of hydrogen-bond donors (Lipinski definition) is 1. The van der Waals surface area contributed by atoms with Gasteiger partial charge in [0.2, 0.25) is 0 Å². The predicted molar refractivity (Wildman–Crippen MR) is 82.3 cm³/mol. The molecular weight excluding hydrogens is 252 g/mol. The summed E-state index contributed by atoms with van der Waals surface area (Å²) < 4.78 is 5.43. The van der Waals surface area contributed by atoms with E-state index in [9.17, 15) is 4.79 Å². The number of carbonyl (C=O) groups is 1. The third-order valence-electron chi connectivity index (χ3n) is 3.52. The zero-order valence-electron chi connectivity index (χ0n) is 13.0. The molecule has 0 aromatic carbocycles. The van der Waals surface area contributed by atoms with E-state index in [4.69, 9.17) is 10.1 Å². The van der Waals surface area contributed by atoms with Crippen molar-refractivity contribution in [3.63, 3.8) is 0 Å². The maximum atomic E-state index is 12.0. The van der Waals surface area contributed by atoms with Gasteiger partial charge in [-0.2, -0.15) is 0 Å². The minimum absolute atomic E-state index is 0.0131. The smallest absolute Gasteiger partial charge is 0.309 e. The van der Waals surface area contributed by atoms with Gasteiger partial charge in [0, 0.05) is 17.3 Å². The Morgan fingerprint density at radius 3 is 2.20 bits per heavy atom. The highest BCUT2D eigenvalue weighted by Crippen LogP contribution is 2.31. The van der Waals surface area contributed by atoms with Gasteiger partial charge < -0.3 is 10.1 Å². The predicted octanol–water partition coefficient (Wildman–Crippen LogP) is 3.76. The molecule has 0 saturated heterocycles. The Morgan fingerprint density at radius 1 is 1.25 bits per heavy atom. The average molecular weight is 278 g/mol. The van der Waals surface area contributed by atoms with Crippen LogP contribution in [0.4, 0.5) is 0 Å². The Bertz CT molecular complexity index is 411.